The topological polar surface area (TPSA) is 145 Å². The van der Waals surface area contributed by atoms with Crippen LogP contribution in [0.15, 0.2) is 54.6 Å². The molecule has 0 radical (unpaired) electrons. The van der Waals surface area contributed by atoms with Crippen molar-refractivity contribution >= 4 is 33.8 Å². The molecule has 2 aromatic rings. The van der Waals surface area contributed by atoms with E-state index in [0.717, 1.165) is 4.90 Å². The van der Waals surface area contributed by atoms with E-state index in [1.165, 1.54) is 19.9 Å². The molecule has 1 N–H and O–H groups in total. The summed E-state index contributed by atoms with van der Waals surface area (Å²) < 4.78 is 40.5. The highest BCUT2D eigenvalue weighted by Crippen LogP contribution is 2.47. The minimum Gasteiger partial charge on any atom is -0.445 e. The van der Waals surface area contributed by atoms with Crippen LogP contribution < -0.4 is 5.32 Å². The molecule has 5 rings (SSSR count). The van der Waals surface area contributed by atoms with Crippen LogP contribution in [0.3, 0.4) is 0 Å². The molecule has 3 aliphatic rings. The van der Waals surface area contributed by atoms with Crippen molar-refractivity contribution in [1.29, 1.82) is 0 Å². The zero-order chi connectivity index (χ0) is 25.8. The molecule has 2 fully saturated rings. The molecule has 2 saturated heterocycles. The van der Waals surface area contributed by atoms with Gasteiger partial charge in [-0.05, 0) is 25.5 Å². The van der Waals surface area contributed by atoms with Crippen molar-refractivity contribution in [2.24, 2.45) is 0 Å². The number of cyclic esters (lactones) is 1. The number of alkyl carbamates (subject to hydrolysis) is 1. The van der Waals surface area contributed by atoms with E-state index in [0.29, 0.717) is 11.1 Å². The van der Waals surface area contributed by atoms with Gasteiger partial charge >= 0.3 is 18.0 Å². The second-order valence-corrected chi connectivity index (χ2v) is 11.8. The van der Waals surface area contributed by atoms with Crippen LogP contribution >= 0.6 is 0 Å². The maximum atomic E-state index is 13.3. The van der Waals surface area contributed by atoms with Crippen molar-refractivity contribution in [3.05, 3.63) is 71.3 Å². The molecule has 11 nitrogen and oxygen atoms in total. The first kappa shape index (κ1) is 23.8. The number of nitrogens with zero attached hydrogens (tertiary/aromatic N) is 1. The van der Waals surface area contributed by atoms with Crippen molar-refractivity contribution in [2.75, 3.05) is 0 Å². The van der Waals surface area contributed by atoms with Gasteiger partial charge in [0.2, 0.25) is 5.91 Å². The number of ether oxygens (including phenoxy) is 3. The third-order valence-electron chi connectivity index (χ3n) is 6.65. The van der Waals surface area contributed by atoms with Crippen LogP contribution in [0.4, 0.5) is 4.79 Å². The molecule has 0 aromatic heterocycles. The number of fused-ring (bicyclic) bond motifs is 2. The van der Waals surface area contributed by atoms with E-state index in [4.69, 9.17) is 14.2 Å². The Bertz CT molecular complexity index is 1370. The second-order valence-electron chi connectivity index (χ2n) is 9.13. The smallest absolute Gasteiger partial charge is 0.408 e. The van der Waals surface area contributed by atoms with Crippen LogP contribution in [0.5, 0.6) is 0 Å². The summed E-state index contributed by atoms with van der Waals surface area (Å²) in [4.78, 5) is 51.3. The fraction of sp³-hybridized carbons (Fsp3) is 0.333. The van der Waals surface area contributed by atoms with Gasteiger partial charge < -0.3 is 24.4 Å². The van der Waals surface area contributed by atoms with E-state index >= 15 is 0 Å². The standard InChI is InChI=1S/C24H22N2O9S/c1-24(2)17(21(29)35-22-15-11-7-6-10-14(15)20(28)34-22)26-18(27)16(19(26)36(24,31)32)25-23(30)33-12-13-8-4-3-5-9-13/h3-11,16-17,19,22H,12H2,1-2H3,(H,25,30)/t16-,17+,19-,22?/m1/s1. The lowest BCUT2D eigenvalue weighted by molar-refractivity contribution is -0.180. The lowest BCUT2D eigenvalue weighted by Crippen LogP contribution is -2.72. The summed E-state index contributed by atoms with van der Waals surface area (Å²) in [5, 5.41) is 0.828. The van der Waals surface area contributed by atoms with Crippen molar-refractivity contribution in [3.8, 4) is 0 Å². The SMILES string of the molecule is CC1(C)[C@H](C(=O)OC2OC(=O)c3ccccc32)N2C(=O)[C@@H](NC(=O)OCc3ccccc3)[C@H]2S1(=O)=O. The summed E-state index contributed by atoms with van der Waals surface area (Å²) in [5.74, 6) is -2.49. The number of esters is 2. The predicted octanol–water partition coefficient (Wildman–Crippen LogP) is 1.44. The Labute approximate surface area is 206 Å². The molecule has 0 spiro atoms. The van der Waals surface area contributed by atoms with E-state index in [1.54, 1.807) is 48.5 Å². The molecule has 0 bridgehead atoms. The van der Waals surface area contributed by atoms with Crippen molar-refractivity contribution < 1.29 is 41.8 Å². The second kappa shape index (κ2) is 8.33. The van der Waals surface area contributed by atoms with Gasteiger partial charge in [0.05, 0.1) is 5.56 Å². The first-order valence-corrected chi connectivity index (χ1v) is 12.6. The van der Waals surface area contributed by atoms with E-state index in [9.17, 15) is 27.6 Å². The van der Waals surface area contributed by atoms with Crippen LogP contribution in [0.1, 0.15) is 41.6 Å². The van der Waals surface area contributed by atoms with Crippen molar-refractivity contribution in [3.63, 3.8) is 0 Å². The van der Waals surface area contributed by atoms with E-state index in [1.807, 2.05) is 0 Å². The number of hydrogen-bond acceptors (Lipinski definition) is 9. The van der Waals surface area contributed by atoms with Gasteiger partial charge in [0.25, 0.3) is 6.29 Å². The lowest BCUT2D eigenvalue weighted by Gasteiger charge is -2.42. The van der Waals surface area contributed by atoms with E-state index < -0.39 is 62.3 Å². The number of carbonyl (C=O) groups is 4. The normalized spacial score (nSPS) is 26.8. The van der Waals surface area contributed by atoms with Crippen molar-refractivity contribution in [2.45, 2.75) is 48.9 Å². The summed E-state index contributed by atoms with van der Waals surface area (Å²) in [6.45, 7) is 2.54. The average Bonchev–Trinajstić information content (AvgIpc) is 3.23. The Hall–Kier alpha value is -3.93. The fourth-order valence-electron chi connectivity index (χ4n) is 4.68. The molecule has 12 heteroatoms. The number of benzene rings is 2. The Morgan fingerprint density at radius 2 is 1.72 bits per heavy atom. The maximum absolute atomic E-state index is 13.3. The highest BCUT2D eigenvalue weighted by Gasteiger charge is 2.73. The van der Waals surface area contributed by atoms with Gasteiger partial charge in [0.15, 0.2) is 15.2 Å². The molecular weight excluding hydrogens is 492 g/mol. The van der Waals surface area contributed by atoms with E-state index in [-0.39, 0.29) is 12.2 Å². The largest absolute Gasteiger partial charge is 0.445 e. The van der Waals surface area contributed by atoms with Gasteiger partial charge in [-0.25, -0.2) is 22.8 Å². The average molecular weight is 515 g/mol. The minimum absolute atomic E-state index is 0.0727. The van der Waals surface area contributed by atoms with Gasteiger partial charge in [-0.3, -0.25) is 4.79 Å². The zero-order valence-corrected chi connectivity index (χ0v) is 20.1. The minimum atomic E-state index is -4.13. The third kappa shape index (κ3) is 3.51. The molecule has 2 aromatic carbocycles. The monoisotopic (exact) mass is 514 g/mol. The van der Waals surface area contributed by atoms with Crippen LogP contribution in [-0.2, 0) is 40.2 Å². The summed E-state index contributed by atoms with van der Waals surface area (Å²) in [6.07, 6.45) is -2.33. The highest BCUT2D eigenvalue weighted by atomic mass is 32.2. The van der Waals surface area contributed by atoms with Gasteiger partial charge in [-0.2, -0.15) is 0 Å². The number of rotatable bonds is 5. The number of hydrogen-bond donors (Lipinski definition) is 1. The van der Waals surface area contributed by atoms with Crippen LogP contribution in [0.2, 0.25) is 0 Å². The summed E-state index contributed by atoms with van der Waals surface area (Å²) >= 11 is 0. The molecule has 188 valence electrons. The molecule has 3 heterocycles. The molecule has 0 saturated carbocycles. The van der Waals surface area contributed by atoms with Crippen molar-refractivity contribution in [1.82, 2.24) is 10.2 Å². The Balaban J connectivity index is 1.31. The number of carbonyl (C=O) groups excluding carboxylic acids is 4. The molecule has 4 atom stereocenters. The lowest BCUT2D eigenvalue weighted by atomic mass is 9.96. The fourth-order valence-corrected chi connectivity index (χ4v) is 6.89. The molecule has 36 heavy (non-hydrogen) atoms. The molecule has 1 unspecified atom stereocenters. The number of nitrogens with one attached hydrogen (secondary N) is 1. The van der Waals surface area contributed by atoms with Crippen LogP contribution in [0.25, 0.3) is 0 Å². The van der Waals surface area contributed by atoms with Gasteiger partial charge in [-0.15, -0.1) is 0 Å². The quantitative estimate of drug-likeness (QED) is 0.463. The number of sulfone groups is 1. The van der Waals surface area contributed by atoms with Gasteiger partial charge in [0.1, 0.15) is 23.4 Å². The molecule has 0 aliphatic carbocycles. The zero-order valence-electron chi connectivity index (χ0n) is 19.2. The Morgan fingerprint density at radius 3 is 2.44 bits per heavy atom. The third-order valence-corrected chi connectivity index (χ3v) is 9.47. The summed E-state index contributed by atoms with van der Waals surface area (Å²) in [7, 11) is -4.13. The molecule has 3 aliphatic heterocycles. The Kier molecular flexibility index (Phi) is 5.51. The number of β-lactam (4-membered cyclic amide) rings is 1. The van der Waals surface area contributed by atoms with Gasteiger partial charge in [-0.1, -0.05) is 48.5 Å². The van der Waals surface area contributed by atoms with E-state index in [2.05, 4.69) is 5.32 Å². The Morgan fingerprint density at radius 1 is 1.06 bits per heavy atom. The van der Waals surface area contributed by atoms with Gasteiger partial charge in [0, 0.05) is 5.56 Å². The van der Waals surface area contributed by atoms with Crippen LogP contribution in [-0.4, -0.2) is 59.5 Å². The first-order chi connectivity index (χ1) is 17.0. The van der Waals surface area contributed by atoms with Crippen LogP contribution in [0, 0.1) is 0 Å². The molecular formula is C24H22N2O9S. The summed E-state index contributed by atoms with van der Waals surface area (Å²) in [5.41, 5.74) is 1.26. The maximum Gasteiger partial charge on any atom is 0.408 e. The number of amides is 2. The highest BCUT2D eigenvalue weighted by molar-refractivity contribution is 7.94. The summed E-state index contributed by atoms with van der Waals surface area (Å²) in [6, 6.07) is 12.2. The predicted molar refractivity (Wildman–Crippen MR) is 122 cm³/mol. The molecule has 2 amide bonds. The first-order valence-electron chi connectivity index (χ1n) is 11.1.